The first kappa shape index (κ1) is 17.5. The molecule has 1 rings (SSSR count). The molecule has 0 aromatic heterocycles. The summed E-state index contributed by atoms with van der Waals surface area (Å²) >= 11 is 5.92. The highest BCUT2D eigenvalue weighted by Gasteiger charge is 2.23. The van der Waals surface area contributed by atoms with Crippen LogP contribution < -0.4 is 4.74 Å². The summed E-state index contributed by atoms with van der Waals surface area (Å²) in [6.07, 6.45) is 4.83. The summed E-state index contributed by atoms with van der Waals surface area (Å²) < 4.78 is 29.7. The van der Waals surface area contributed by atoms with E-state index in [4.69, 9.17) is 16.3 Å². The third-order valence-corrected chi connectivity index (χ3v) is 4.87. The Morgan fingerprint density at radius 2 is 2.00 bits per heavy atom. The zero-order valence-corrected chi connectivity index (χ0v) is 13.7. The normalized spacial score (nSPS) is 12.7. The van der Waals surface area contributed by atoms with Crippen molar-refractivity contribution in [1.82, 2.24) is 0 Å². The number of ether oxygens (including phenoxy) is 1. The summed E-state index contributed by atoms with van der Waals surface area (Å²) in [5.41, 5.74) is 0.347. The predicted octanol–water partition coefficient (Wildman–Crippen LogP) is 3.21. The largest absolute Gasteiger partial charge is 0.497 e. The van der Waals surface area contributed by atoms with E-state index in [1.807, 2.05) is 0 Å². The van der Waals surface area contributed by atoms with Crippen molar-refractivity contribution in [2.75, 3.05) is 12.9 Å². The summed E-state index contributed by atoms with van der Waals surface area (Å²) in [6.45, 7) is 3.43. The second-order valence-electron chi connectivity index (χ2n) is 4.22. The van der Waals surface area contributed by atoms with Gasteiger partial charge in [0, 0.05) is 11.6 Å². The number of hydrogen-bond donors (Lipinski definition) is 0. The van der Waals surface area contributed by atoms with Gasteiger partial charge in [-0.15, -0.1) is 0 Å². The first-order valence-corrected chi connectivity index (χ1v) is 8.27. The SMILES string of the molecule is C/C=C\C(=C/C)C(=O)CS(=O)(=O)c1cc(OC)ccc1Cl. The summed E-state index contributed by atoms with van der Waals surface area (Å²) in [5, 5.41) is 0.0664. The van der Waals surface area contributed by atoms with E-state index in [1.165, 1.54) is 19.2 Å². The van der Waals surface area contributed by atoms with Gasteiger partial charge in [-0.2, -0.15) is 0 Å². The minimum atomic E-state index is -3.83. The molecule has 1 aromatic rings. The van der Waals surface area contributed by atoms with E-state index in [2.05, 4.69) is 0 Å². The van der Waals surface area contributed by atoms with Crippen molar-refractivity contribution in [3.8, 4) is 5.75 Å². The number of benzene rings is 1. The Morgan fingerprint density at radius 3 is 2.52 bits per heavy atom. The highest BCUT2D eigenvalue weighted by molar-refractivity contribution is 7.92. The van der Waals surface area contributed by atoms with E-state index >= 15 is 0 Å². The number of rotatable bonds is 6. The lowest BCUT2D eigenvalue weighted by molar-refractivity contribution is -0.113. The zero-order valence-electron chi connectivity index (χ0n) is 12.1. The molecule has 6 heteroatoms. The fraction of sp³-hybridized carbons (Fsp3) is 0.267. The molecule has 0 unspecified atom stereocenters. The Morgan fingerprint density at radius 1 is 1.33 bits per heavy atom. The number of allylic oxidation sites excluding steroid dienone is 4. The van der Waals surface area contributed by atoms with Crippen LogP contribution in [0.25, 0.3) is 0 Å². The van der Waals surface area contributed by atoms with Gasteiger partial charge in [-0.25, -0.2) is 8.42 Å². The molecule has 0 heterocycles. The maximum absolute atomic E-state index is 12.3. The van der Waals surface area contributed by atoms with Gasteiger partial charge in [0.25, 0.3) is 0 Å². The molecular weight excluding hydrogens is 312 g/mol. The Kier molecular flexibility index (Phi) is 6.18. The minimum absolute atomic E-state index is 0.0664. The fourth-order valence-electron chi connectivity index (χ4n) is 1.71. The smallest absolute Gasteiger partial charge is 0.187 e. The summed E-state index contributed by atoms with van der Waals surface area (Å²) in [4.78, 5) is 11.9. The van der Waals surface area contributed by atoms with Crippen molar-refractivity contribution in [3.63, 3.8) is 0 Å². The van der Waals surface area contributed by atoms with Crippen LogP contribution in [0.4, 0.5) is 0 Å². The van der Waals surface area contributed by atoms with Crippen molar-refractivity contribution in [2.24, 2.45) is 0 Å². The summed E-state index contributed by atoms with van der Waals surface area (Å²) in [5.74, 6) is -0.746. The van der Waals surface area contributed by atoms with Crippen LogP contribution in [0.1, 0.15) is 13.8 Å². The van der Waals surface area contributed by atoms with Crippen molar-refractivity contribution in [2.45, 2.75) is 18.7 Å². The third-order valence-electron chi connectivity index (χ3n) is 2.77. The van der Waals surface area contributed by atoms with Crippen LogP contribution in [0.5, 0.6) is 5.75 Å². The molecule has 0 atom stereocenters. The lowest BCUT2D eigenvalue weighted by atomic mass is 10.1. The van der Waals surface area contributed by atoms with Gasteiger partial charge in [-0.05, 0) is 26.0 Å². The van der Waals surface area contributed by atoms with Crippen LogP contribution in [-0.2, 0) is 14.6 Å². The molecule has 0 aliphatic carbocycles. The number of carbonyl (C=O) groups excluding carboxylic acids is 1. The number of Topliss-reactive ketones (excluding diaryl/α,β-unsaturated/α-hetero) is 1. The Labute approximate surface area is 130 Å². The molecule has 114 valence electrons. The monoisotopic (exact) mass is 328 g/mol. The Hall–Kier alpha value is -1.59. The minimum Gasteiger partial charge on any atom is -0.497 e. The molecule has 0 N–H and O–H groups in total. The number of ketones is 1. The lowest BCUT2D eigenvalue weighted by Gasteiger charge is -2.08. The average molecular weight is 329 g/mol. The van der Waals surface area contributed by atoms with Crippen LogP contribution in [-0.4, -0.2) is 27.1 Å². The molecule has 0 saturated carbocycles. The summed E-state index contributed by atoms with van der Waals surface area (Å²) in [6, 6.07) is 4.30. The average Bonchev–Trinajstić information content (AvgIpc) is 2.44. The number of methoxy groups -OCH3 is 1. The van der Waals surface area contributed by atoms with E-state index in [0.29, 0.717) is 11.3 Å². The van der Waals surface area contributed by atoms with Crippen LogP contribution in [0.15, 0.2) is 46.9 Å². The first-order chi connectivity index (χ1) is 9.85. The molecule has 0 fully saturated rings. The molecule has 0 aliphatic heterocycles. The van der Waals surface area contributed by atoms with Crippen molar-refractivity contribution < 1.29 is 17.9 Å². The van der Waals surface area contributed by atoms with E-state index in [-0.39, 0.29) is 9.92 Å². The van der Waals surface area contributed by atoms with E-state index in [1.54, 1.807) is 38.1 Å². The molecule has 1 aromatic carbocycles. The Bertz CT molecular complexity index is 688. The van der Waals surface area contributed by atoms with Crippen LogP contribution in [0.2, 0.25) is 5.02 Å². The highest BCUT2D eigenvalue weighted by Crippen LogP contribution is 2.27. The first-order valence-electron chi connectivity index (χ1n) is 6.24. The summed E-state index contributed by atoms with van der Waals surface area (Å²) in [7, 11) is -2.41. The van der Waals surface area contributed by atoms with Gasteiger partial charge in [-0.3, -0.25) is 4.79 Å². The number of halogens is 1. The Balaban J connectivity index is 3.15. The lowest BCUT2D eigenvalue weighted by Crippen LogP contribution is -2.17. The maximum atomic E-state index is 12.3. The molecule has 0 radical (unpaired) electrons. The fourth-order valence-corrected chi connectivity index (χ4v) is 3.51. The van der Waals surface area contributed by atoms with Crippen molar-refractivity contribution in [3.05, 3.63) is 47.0 Å². The van der Waals surface area contributed by atoms with E-state index in [0.717, 1.165) is 0 Å². The topological polar surface area (TPSA) is 60.4 Å². The van der Waals surface area contributed by atoms with Gasteiger partial charge in [0.05, 0.1) is 17.0 Å². The molecule has 4 nitrogen and oxygen atoms in total. The second-order valence-corrected chi connectivity index (χ2v) is 6.59. The maximum Gasteiger partial charge on any atom is 0.187 e. The van der Waals surface area contributed by atoms with Gasteiger partial charge in [0.2, 0.25) is 0 Å². The zero-order chi connectivity index (χ0) is 16.0. The van der Waals surface area contributed by atoms with Crippen LogP contribution >= 0.6 is 11.6 Å². The van der Waals surface area contributed by atoms with E-state index in [9.17, 15) is 13.2 Å². The van der Waals surface area contributed by atoms with Crippen molar-refractivity contribution >= 4 is 27.2 Å². The van der Waals surface area contributed by atoms with Gasteiger partial charge in [-0.1, -0.05) is 29.8 Å². The number of carbonyl (C=O) groups is 1. The van der Waals surface area contributed by atoms with Crippen LogP contribution in [0.3, 0.4) is 0 Å². The van der Waals surface area contributed by atoms with Crippen LogP contribution in [0, 0.1) is 0 Å². The highest BCUT2D eigenvalue weighted by atomic mass is 35.5. The molecule has 21 heavy (non-hydrogen) atoms. The molecule has 0 amide bonds. The van der Waals surface area contributed by atoms with Gasteiger partial charge >= 0.3 is 0 Å². The van der Waals surface area contributed by atoms with E-state index < -0.39 is 21.4 Å². The molecule has 0 spiro atoms. The number of sulfone groups is 1. The predicted molar refractivity (Wildman–Crippen MR) is 83.6 cm³/mol. The quantitative estimate of drug-likeness (QED) is 0.594. The number of hydrogen-bond acceptors (Lipinski definition) is 4. The third kappa shape index (κ3) is 4.44. The van der Waals surface area contributed by atoms with Gasteiger partial charge < -0.3 is 4.74 Å². The van der Waals surface area contributed by atoms with Gasteiger partial charge in [0.1, 0.15) is 11.5 Å². The molecular formula is C15H17ClO4S. The van der Waals surface area contributed by atoms with Crippen molar-refractivity contribution in [1.29, 1.82) is 0 Å². The second kappa shape index (κ2) is 7.43. The molecule has 0 bridgehead atoms. The van der Waals surface area contributed by atoms with Gasteiger partial charge in [0.15, 0.2) is 15.6 Å². The molecule has 0 aliphatic rings. The standard InChI is InChI=1S/C15H17ClO4S/c1-4-6-11(5-2)14(17)10-21(18,19)15-9-12(20-3)7-8-13(15)16/h4-9H,10H2,1-3H3/b6-4-,11-5+. The molecule has 0 saturated heterocycles.